The van der Waals surface area contributed by atoms with Gasteiger partial charge in [-0.15, -0.1) is 0 Å². The van der Waals surface area contributed by atoms with Crippen LogP contribution in [0.3, 0.4) is 0 Å². The minimum absolute atomic E-state index is 0.0230. The first-order valence-corrected chi connectivity index (χ1v) is 13.5. The number of benzene rings is 3. The fourth-order valence-corrected chi connectivity index (χ4v) is 5.14. The van der Waals surface area contributed by atoms with Gasteiger partial charge in [0.15, 0.2) is 0 Å². The van der Waals surface area contributed by atoms with E-state index < -0.39 is 40.2 Å². The minimum Gasteiger partial charge on any atom is -0.352 e. The highest BCUT2D eigenvalue weighted by atomic mass is 32.2. The van der Waals surface area contributed by atoms with Crippen molar-refractivity contribution >= 4 is 27.5 Å². The first-order chi connectivity index (χ1) is 17.6. The molecule has 37 heavy (non-hydrogen) atoms. The van der Waals surface area contributed by atoms with E-state index in [0.717, 1.165) is 4.31 Å². The number of para-hydroxylation sites is 1. The Balaban J connectivity index is 2.00. The van der Waals surface area contributed by atoms with Crippen molar-refractivity contribution in [2.75, 3.05) is 10.8 Å². The Morgan fingerprint density at radius 2 is 1.46 bits per heavy atom. The van der Waals surface area contributed by atoms with E-state index in [1.807, 2.05) is 13.8 Å². The molecule has 1 N–H and O–H groups in total. The summed E-state index contributed by atoms with van der Waals surface area (Å²) in [5, 5.41) is 2.85. The first-order valence-electron chi connectivity index (χ1n) is 12.1. The van der Waals surface area contributed by atoms with Crippen molar-refractivity contribution in [3.05, 3.63) is 96.3 Å². The average molecular weight is 526 g/mol. The van der Waals surface area contributed by atoms with Crippen LogP contribution < -0.4 is 9.62 Å². The Morgan fingerprint density at radius 1 is 0.892 bits per heavy atom. The number of carbonyl (C=O) groups excluding carboxylic acids is 2. The second-order valence-electron chi connectivity index (χ2n) is 8.77. The Bertz CT molecular complexity index is 1300. The molecular weight excluding hydrogens is 493 g/mol. The molecule has 7 nitrogen and oxygen atoms in total. The summed E-state index contributed by atoms with van der Waals surface area (Å²) in [5.74, 6) is -1.57. The Morgan fingerprint density at radius 3 is 2.05 bits per heavy atom. The SMILES string of the molecule is CC[C@H](C)NC(=O)[C@@H](C)N(Cc1ccccc1F)C(=O)CN(c1ccccc1)S(=O)(=O)c1ccccc1. The van der Waals surface area contributed by atoms with E-state index in [1.54, 1.807) is 61.5 Å². The van der Waals surface area contributed by atoms with Crippen molar-refractivity contribution in [3.63, 3.8) is 0 Å². The van der Waals surface area contributed by atoms with Crippen LogP contribution in [0.2, 0.25) is 0 Å². The van der Waals surface area contributed by atoms with Crippen LogP contribution in [0.15, 0.2) is 89.8 Å². The van der Waals surface area contributed by atoms with E-state index in [4.69, 9.17) is 0 Å². The number of hydrogen-bond donors (Lipinski definition) is 1. The third-order valence-electron chi connectivity index (χ3n) is 6.12. The topological polar surface area (TPSA) is 86.8 Å². The van der Waals surface area contributed by atoms with Gasteiger partial charge < -0.3 is 10.2 Å². The van der Waals surface area contributed by atoms with Gasteiger partial charge in [0.1, 0.15) is 18.4 Å². The molecule has 2 atom stereocenters. The fraction of sp³-hybridized carbons (Fsp3) is 0.286. The van der Waals surface area contributed by atoms with Crippen molar-refractivity contribution < 1.29 is 22.4 Å². The highest BCUT2D eigenvalue weighted by molar-refractivity contribution is 7.92. The lowest BCUT2D eigenvalue weighted by Crippen LogP contribution is -2.52. The summed E-state index contributed by atoms with van der Waals surface area (Å²) in [6.07, 6.45) is 0.691. The van der Waals surface area contributed by atoms with Crippen molar-refractivity contribution in [3.8, 4) is 0 Å². The van der Waals surface area contributed by atoms with Gasteiger partial charge in [-0.2, -0.15) is 0 Å². The van der Waals surface area contributed by atoms with E-state index in [1.165, 1.54) is 35.2 Å². The molecule has 2 amide bonds. The minimum atomic E-state index is -4.12. The second-order valence-corrected chi connectivity index (χ2v) is 10.6. The number of anilines is 1. The van der Waals surface area contributed by atoms with Crippen LogP contribution in [0.5, 0.6) is 0 Å². The van der Waals surface area contributed by atoms with Gasteiger partial charge >= 0.3 is 0 Å². The second kappa shape index (κ2) is 12.5. The summed E-state index contributed by atoms with van der Waals surface area (Å²) >= 11 is 0. The van der Waals surface area contributed by atoms with E-state index in [9.17, 15) is 22.4 Å². The van der Waals surface area contributed by atoms with Gasteiger partial charge in [-0.3, -0.25) is 13.9 Å². The molecule has 3 aromatic rings. The summed E-state index contributed by atoms with van der Waals surface area (Å²) in [6.45, 7) is 4.54. The molecule has 0 saturated carbocycles. The van der Waals surface area contributed by atoms with Gasteiger partial charge in [-0.1, -0.05) is 61.5 Å². The number of halogens is 1. The lowest BCUT2D eigenvalue weighted by molar-refractivity contribution is -0.139. The van der Waals surface area contributed by atoms with Gasteiger partial charge in [-0.05, 0) is 50.6 Å². The molecule has 3 aromatic carbocycles. The fourth-order valence-electron chi connectivity index (χ4n) is 3.70. The predicted molar refractivity (Wildman–Crippen MR) is 142 cm³/mol. The van der Waals surface area contributed by atoms with Gasteiger partial charge in [0, 0.05) is 18.2 Å². The summed E-state index contributed by atoms with van der Waals surface area (Å²) in [4.78, 5) is 28.0. The highest BCUT2D eigenvalue weighted by Crippen LogP contribution is 2.24. The molecule has 0 aromatic heterocycles. The maximum absolute atomic E-state index is 14.5. The third-order valence-corrected chi connectivity index (χ3v) is 7.91. The van der Waals surface area contributed by atoms with Crippen LogP contribution in [-0.2, 0) is 26.2 Å². The summed E-state index contributed by atoms with van der Waals surface area (Å²) < 4.78 is 42.8. The molecule has 9 heteroatoms. The van der Waals surface area contributed by atoms with E-state index >= 15 is 0 Å². The molecular formula is C28H32FN3O4S. The molecule has 0 aliphatic heterocycles. The first kappa shape index (κ1) is 27.9. The number of nitrogens with one attached hydrogen (secondary N) is 1. The molecule has 0 bridgehead atoms. The number of sulfonamides is 1. The van der Waals surface area contributed by atoms with Crippen LogP contribution in [0.25, 0.3) is 0 Å². The Labute approximate surface area is 218 Å². The van der Waals surface area contributed by atoms with Gasteiger partial charge in [0.05, 0.1) is 10.6 Å². The number of carbonyl (C=O) groups is 2. The quantitative estimate of drug-likeness (QED) is 0.403. The van der Waals surface area contributed by atoms with Crippen molar-refractivity contribution in [2.24, 2.45) is 0 Å². The van der Waals surface area contributed by atoms with Crippen LogP contribution >= 0.6 is 0 Å². The Kier molecular flexibility index (Phi) is 9.41. The molecule has 0 heterocycles. The van der Waals surface area contributed by atoms with Crippen molar-refractivity contribution in [2.45, 2.75) is 50.7 Å². The maximum Gasteiger partial charge on any atom is 0.264 e. The lowest BCUT2D eigenvalue weighted by Gasteiger charge is -2.32. The number of rotatable bonds is 11. The zero-order valence-electron chi connectivity index (χ0n) is 21.2. The molecule has 0 aliphatic carbocycles. The molecule has 0 fully saturated rings. The largest absolute Gasteiger partial charge is 0.352 e. The van der Waals surface area contributed by atoms with Crippen LogP contribution in [0, 0.1) is 5.82 Å². The van der Waals surface area contributed by atoms with Gasteiger partial charge in [-0.25, -0.2) is 12.8 Å². The molecule has 0 saturated heterocycles. The monoisotopic (exact) mass is 525 g/mol. The zero-order valence-corrected chi connectivity index (χ0v) is 22.0. The number of hydrogen-bond acceptors (Lipinski definition) is 4. The molecule has 0 aliphatic rings. The van der Waals surface area contributed by atoms with E-state index in [2.05, 4.69) is 5.32 Å². The Hall–Kier alpha value is -3.72. The summed E-state index contributed by atoms with van der Waals surface area (Å²) in [7, 11) is -4.12. The number of amides is 2. The maximum atomic E-state index is 14.5. The van der Waals surface area contributed by atoms with E-state index in [0.29, 0.717) is 12.1 Å². The normalized spacial score (nSPS) is 12.9. The molecule has 196 valence electrons. The lowest BCUT2D eigenvalue weighted by atomic mass is 10.1. The van der Waals surface area contributed by atoms with Crippen molar-refractivity contribution in [1.29, 1.82) is 0 Å². The van der Waals surface area contributed by atoms with Crippen LogP contribution in [0.1, 0.15) is 32.8 Å². The van der Waals surface area contributed by atoms with Gasteiger partial charge in [0.2, 0.25) is 11.8 Å². The zero-order chi connectivity index (χ0) is 27.0. The van der Waals surface area contributed by atoms with E-state index in [-0.39, 0.29) is 23.0 Å². The smallest absolute Gasteiger partial charge is 0.264 e. The molecule has 3 rings (SSSR count). The average Bonchev–Trinajstić information content (AvgIpc) is 2.91. The predicted octanol–water partition coefficient (Wildman–Crippen LogP) is 4.35. The third kappa shape index (κ3) is 6.95. The highest BCUT2D eigenvalue weighted by Gasteiger charge is 2.33. The standard InChI is InChI=1S/C28H32FN3O4S/c1-4-21(2)30-28(34)22(3)31(19-23-13-11-12-18-26(23)29)27(33)20-32(24-14-7-5-8-15-24)37(35,36)25-16-9-6-10-17-25/h5-18,21-22H,4,19-20H2,1-3H3,(H,30,34)/t21-,22+/m0/s1. The summed E-state index contributed by atoms with van der Waals surface area (Å²) in [5.41, 5.74) is 0.512. The van der Waals surface area contributed by atoms with Crippen molar-refractivity contribution in [1.82, 2.24) is 10.2 Å². The van der Waals surface area contributed by atoms with Gasteiger partial charge in [0.25, 0.3) is 10.0 Å². The molecule has 0 unspecified atom stereocenters. The van der Waals surface area contributed by atoms with Crippen LogP contribution in [0.4, 0.5) is 10.1 Å². The molecule has 0 radical (unpaired) electrons. The summed E-state index contributed by atoms with van der Waals surface area (Å²) in [6, 6.07) is 21.0. The van der Waals surface area contributed by atoms with Crippen LogP contribution in [-0.4, -0.2) is 43.8 Å². The molecule has 0 spiro atoms. The number of nitrogens with zero attached hydrogens (tertiary/aromatic N) is 2.